The molecule has 2 aliphatic rings. The molecule has 2 heterocycles. The first kappa shape index (κ1) is 23.6. The molecule has 0 aliphatic carbocycles. The molecule has 2 aromatic rings. The van der Waals surface area contributed by atoms with Gasteiger partial charge in [0, 0.05) is 18.7 Å². The van der Waals surface area contributed by atoms with Crippen LogP contribution in [0.25, 0.3) is 5.76 Å². The van der Waals surface area contributed by atoms with Crippen molar-refractivity contribution < 1.29 is 28.9 Å². The van der Waals surface area contributed by atoms with Gasteiger partial charge in [-0.3, -0.25) is 9.59 Å². The average molecular weight is 467 g/mol. The molecule has 0 saturated carbocycles. The van der Waals surface area contributed by atoms with Crippen LogP contribution in [0, 0.1) is 0 Å². The first-order valence-electron chi connectivity index (χ1n) is 11.5. The van der Waals surface area contributed by atoms with Crippen LogP contribution in [0.1, 0.15) is 30.5 Å². The molecule has 0 unspecified atom stereocenters. The van der Waals surface area contributed by atoms with Gasteiger partial charge in [-0.25, -0.2) is 0 Å². The fourth-order valence-electron chi connectivity index (χ4n) is 4.08. The van der Waals surface area contributed by atoms with Crippen molar-refractivity contribution in [1.29, 1.82) is 0 Å². The van der Waals surface area contributed by atoms with E-state index in [0.29, 0.717) is 55.7 Å². The molecule has 1 amide bonds. The van der Waals surface area contributed by atoms with Crippen LogP contribution in [0.3, 0.4) is 0 Å². The van der Waals surface area contributed by atoms with Crippen LogP contribution in [0.2, 0.25) is 0 Å². The Bertz CT molecular complexity index is 1090. The number of likely N-dealkylation sites (N-methyl/N-ethyl adjacent to an activating group) is 1. The molecule has 0 bridgehead atoms. The first-order valence-corrected chi connectivity index (χ1v) is 11.5. The quantitative estimate of drug-likeness (QED) is 0.363. The Morgan fingerprint density at radius 1 is 1.09 bits per heavy atom. The molecule has 1 atom stereocenters. The van der Waals surface area contributed by atoms with Crippen molar-refractivity contribution in [3.8, 4) is 17.2 Å². The number of hydrogen-bond acceptors (Lipinski definition) is 7. The number of hydrogen-bond donors (Lipinski definition) is 1. The fraction of sp³-hybridized carbons (Fsp3) is 0.385. The number of nitrogens with zero attached hydrogens (tertiary/aromatic N) is 2. The van der Waals surface area contributed by atoms with Gasteiger partial charge in [-0.2, -0.15) is 0 Å². The van der Waals surface area contributed by atoms with Gasteiger partial charge in [0.2, 0.25) is 0 Å². The smallest absolute Gasteiger partial charge is 0.295 e. The van der Waals surface area contributed by atoms with Crippen molar-refractivity contribution in [2.75, 3.05) is 47.0 Å². The normalized spacial score (nSPS) is 19.1. The van der Waals surface area contributed by atoms with Crippen molar-refractivity contribution in [3.63, 3.8) is 0 Å². The van der Waals surface area contributed by atoms with Gasteiger partial charge >= 0.3 is 0 Å². The van der Waals surface area contributed by atoms with E-state index in [-0.39, 0.29) is 11.3 Å². The number of aliphatic hydroxyl groups excluding tert-OH is 1. The van der Waals surface area contributed by atoms with Crippen molar-refractivity contribution in [1.82, 2.24) is 9.80 Å². The lowest BCUT2D eigenvalue weighted by molar-refractivity contribution is -0.140. The molecule has 8 heteroatoms. The fourth-order valence-corrected chi connectivity index (χ4v) is 4.08. The van der Waals surface area contributed by atoms with Gasteiger partial charge in [0.05, 0.1) is 18.2 Å². The van der Waals surface area contributed by atoms with Crippen LogP contribution in [0.4, 0.5) is 0 Å². The summed E-state index contributed by atoms with van der Waals surface area (Å²) in [6.07, 6.45) is 0.891. The van der Waals surface area contributed by atoms with Crippen LogP contribution >= 0.6 is 0 Å². The van der Waals surface area contributed by atoms with Crippen LogP contribution in [-0.2, 0) is 9.59 Å². The van der Waals surface area contributed by atoms with Gasteiger partial charge in [-0.1, -0.05) is 19.1 Å². The number of aliphatic hydroxyl groups is 1. The van der Waals surface area contributed by atoms with Gasteiger partial charge in [-0.05, 0) is 56.4 Å². The molecule has 1 N–H and O–H groups in total. The maximum absolute atomic E-state index is 13.2. The lowest BCUT2D eigenvalue weighted by Gasteiger charge is -2.27. The van der Waals surface area contributed by atoms with Gasteiger partial charge in [0.15, 0.2) is 11.5 Å². The third-order valence-electron chi connectivity index (χ3n) is 5.81. The molecule has 1 fully saturated rings. The number of rotatable bonds is 8. The summed E-state index contributed by atoms with van der Waals surface area (Å²) < 4.78 is 16.9. The predicted octanol–water partition coefficient (Wildman–Crippen LogP) is 3.23. The van der Waals surface area contributed by atoms with E-state index in [0.717, 1.165) is 12.0 Å². The summed E-state index contributed by atoms with van der Waals surface area (Å²) in [4.78, 5) is 29.6. The van der Waals surface area contributed by atoms with Gasteiger partial charge < -0.3 is 29.1 Å². The summed E-state index contributed by atoms with van der Waals surface area (Å²) in [5.41, 5.74) is 1.17. The Morgan fingerprint density at radius 2 is 1.79 bits per heavy atom. The summed E-state index contributed by atoms with van der Waals surface area (Å²) in [6, 6.07) is 11.6. The van der Waals surface area contributed by atoms with Crippen molar-refractivity contribution in [2.24, 2.45) is 0 Å². The van der Waals surface area contributed by atoms with E-state index >= 15 is 0 Å². The SMILES string of the molecule is CCCOc1ccc([C@H]2C(=C(O)c3ccc4c(c3)OCCO4)C(=O)C(=O)N2CCN(C)C)cc1. The molecule has 180 valence electrons. The lowest BCUT2D eigenvalue weighted by Crippen LogP contribution is -2.35. The topological polar surface area (TPSA) is 88.5 Å². The highest BCUT2D eigenvalue weighted by Gasteiger charge is 2.46. The van der Waals surface area contributed by atoms with Crippen LogP contribution in [0.5, 0.6) is 17.2 Å². The molecule has 0 aromatic heterocycles. The van der Waals surface area contributed by atoms with E-state index in [1.54, 1.807) is 18.2 Å². The minimum Gasteiger partial charge on any atom is -0.507 e. The zero-order valence-corrected chi connectivity index (χ0v) is 19.7. The molecular formula is C26H30N2O6. The van der Waals surface area contributed by atoms with Crippen molar-refractivity contribution >= 4 is 17.4 Å². The molecule has 2 aliphatic heterocycles. The number of Topliss-reactive ketones (excluding diaryl/α,β-unsaturated/α-hetero) is 1. The molecule has 0 radical (unpaired) electrons. The number of fused-ring (bicyclic) bond motifs is 1. The first-order chi connectivity index (χ1) is 16.4. The van der Waals surface area contributed by atoms with Gasteiger partial charge in [0.25, 0.3) is 11.7 Å². The second kappa shape index (κ2) is 10.2. The predicted molar refractivity (Wildman–Crippen MR) is 127 cm³/mol. The number of carbonyl (C=O) groups is 2. The molecular weight excluding hydrogens is 436 g/mol. The highest BCUT2D eigenvalue weighted by molar-refractivity contribution is 6.46. The van der Waals surface area contributed by atoms with Crippen LogP contribution in [-0.4, -0.2) is 73.6 Å². The number of carbonyl (C=O) groups excluding carboxylic acids is 2. The number of amides is 1. The van der Waals surface area contributed by atoms with E-state index in [1.165, 1.54) is 4.90 Å². The summed E-state index contributed by atoms with van der Waals surface area (Å²) in [7, 11) is 3.81. The van der Waals surface area contributed by atoms with E-state index < -0.39 is 17.7 Å². The maximum atomic E-state index is 13.2. The van der Waals surface area contributed by atoms with E-state index in [2.05, 4.69) is 0 Å². The minimum atomic E-state index is -0.714. The van der Waals surface area contributed by atoms with E-state index in [9.17, 15) is 14.7 Å². The summed E-state index contributed by atoms with van der Waals surface area (Å²) in [5, 5.41) is 11.3. The second-order valence-electron chi connectivity index (χ2n) is 8.57. The summed E-state index contributed by atoms with van der Waals surface area (Å²) in [5.74, 6) is 0.209. The zero-order valence-electron chi connectivity index (χ0n) is 19.7. The Labute approximate surface area is 199 Å². The Balaban J connectivity index is 1.76. The molecule has 4 rings (SSSR count). The molecule has 8 nitrogen and oxygen atoms in total. The number of benzene rings is 2. The van der Waals surface area contributed by atoms with Gasteiger partial charge in [0.1, 0.15) is 24.7 Å². The average Bonchev–Trinajstić information content (AvgIpc) is 3.10. The number of likely N-dealkylation sites (tertiary alicyclic amines) is 1. The van der Waals surface area contributed by atoms with E-state index in [1.807, 2.05) is 50.2 Å². The van der Waals surface area contributed by atoms with Crippen molar-refractivity contribution in [2.45, 2.75) is 19.4 Å². The van der Waals surface area contributed by atoms with Crippen LogP contribution in [0.15, 0.2) is 48.0 Å². The number of ketones is 1. The highest BCUT2D eigenvalue weighted by Crippen LogP contribution is 2.41. The minimum absolute atomic E-state index is 0.0580. The largest absolute Gasteiger partial charge is 0.507 e. The Hall–Kier alpha value is -3.52. The van der Waals surface area contributed by atoms with Gasteiger partial charge in [-0.15, -0.1) is 0 Å². The molecule has 1 saturated heterocycles. The van der Waals surface area contributed by atoms with Crippen LogP contribution < -0.4 is 14.2 Å². The third kappa shape index (κ3) is 4.72. The molecule has 0 spiro atoms. The summed E-state index contributed by atoms with van der Waals surface area (Å²) >= 11 is 0. The molecule has 34 heavy (non-hydrogen) atoms. The standard InChI is InChI=1S/C26H30N2O6/c1-4-13-32-19-8-5-17(6-9-19)23-22(25(30)26(31)28(23)12-11-27(2)3)24(29)18-7-10-20-21(16-18)34-15-14-33-20/h5-10,16,23,29H,4,11-15H2,1-3H3/t23-/m0/s1. The van der Waals surface area contributed by atoms with E-state index in [4.69, 9.17) is 14.2 Å². The Morgan fingerprint density at radius 3 is 2.47 bits per heavy atom. The summed E-state index contributed by atoms with van der Waals surface area (Å²) in [6.45, 7) is 4.40. The highest BCUT2D eigenvalue weighted by atomic mass is 16.6. The number of ether oxygens (including phenoxy) is 3. The molecule has 2 aromatic carbocycles. The maximum Gasteiger partial charge on any atom is 0.295 e. The third-order valence-corrected chi connectivity index (χ3v) is 5.81. The lowest BCUT2D eigenvalue weighted by atomic mass is 9.95. The monoisotopic (exact) mass is 466 g/mol. The zero-order chi connectivity index (χ0) is 24.2. The Kier molecular flexibility index (Phi) is 7.07. The second-order valence-corrected chi connectivity index (χ2v) is 8.57. The van der Waals surface area contributed by atoms with Crippen molar-refractivity contribution in [3.05, 3.63) is 59.2 Å².